The van der Waals surface area contributed by atoms with Crippen LogP contribution in [0.2, 0.25) is 5.02 Å². The summed E-state index contributed by atoms with van der Waals surface area (Å²) in [7, 11) is -3.86. The summed E-state index contributed by atoms with van der Waals surface area (Å²) < 4.78 is 38.8. The molecule has 1 aliphatic rings. The molecule has 2 amide bonds. The Balaban J connectivity index is 1.70. The monoisotopic (exact) mass is 739 g/mol. The van der Waals surface area contributed by atoms with Crippen LogP contribution in [0, 0.1) is 0 Å². The zero-order valence-electron chi connectivity index (χ0n) is 27.0. The van der Waals surface area contributed by atoms with Crippen molar-refractivity contribution in [3.05, 3.63) is 62.1 Å². The van der Waals surface area contributed by atoms with Crippen molar-refractivity contribution in [3.8, 4) is 0 Å². The summed E-state index contributed by atoms with van der Waals surface area (Å²) in [5.41, 5.74) is -1.06. The first kappa shape index (κ1) is 35.7. The van der Waals surface area contributed by atoms with Crippen LogP contribution in [0.3, 0.4) is 0 Å². The molecular formula is C31H39BrClN5O7S. The second-order valence-corrected chi connectivity index (χ2v) is 16.4. The van der Waals surface area contributed by atoms with Crippen molar-refractivity contribution in [1.29, 1.82) is 0 Å². The average Bonchev–Trinajstić information content (AvgIpc) is 2.94. The standard InChI is InChI=1S/C31H39BrClN5O7S/c1-8-46(42,43)26-10-9-21(33)16-25(26)38(29(41)45-31(5,6)7)37-19-34-24-15-20(23(32)17-22(24)27(37)39)18-35-11-13-36(14-12-35)28(40)44-30(2,3)4/h9-10,15-17,19H,8,11-14,18H2,1-7H3. The molecule has 0 N–H and O–H groups in total. The summed E-state index contributed by atoms with van der Waals surface area (Å²) in [6.45, 7) is 14.8. The highest BCUT2D eigenvalue weighted by molar-refractivity contribution is 9.10. The van der Waals surface area contributed by atoms with Crippen molar-refractivity contribution in [2.24, 2.45) is 0 Å². The highest BCUT2D eigenvalue weighted by atomic mass is 79.9. The Labute approximate surface area is 282 Å². The number of anilines is 1. The van der Waals surface area contributed by atoms with E-state index in [0.29, 0.717) is 42.7 Å². The quantitative estimate of drug-likeness (QED) is 0.305. The zero-order chi connectivity index (χ0) is 34.2. The minimum absolute atomic E-state index is 0.145. The summed E-state index contributed by atoms with van der Waals surface area (Å²) in [4.78, 5) is 48.3. The van der Waals surface area contributed by atoms with E-state index in [4.69, 9.17) is 21.1 Å². The van der Waals surface area contributed by atoms with Crippen molar-refractivity contribution in [3.63, 3.8) is 0 Å². The number of carbonyl (C=O) groups is 2. The van der Waals surface area contributed by atoms with Gasteiger partial charge in [-0.1, -0.05) is 34.5 Å². The maximum atomic E-state index is 14.0. The number of amides is 2. The minimum atomic E-state index is -3.86. The highest BCUT2D eigenvalue weighted by Gasteiger charge is 2.32. The first-order valence-corrected chi connectivity index (χ1v) is 17.6. The van der Waals surface area contributed by atoms with Crippen LogP contribution in [0.4, 0.5) is 15.3 Å². The molecule has 0 unspecified atom stereocenters. The molecule has 1 saturated heterocycles. The lowest BCUT2D eigenvalue weighted by molar-refractivity contribution is 0.0138. The van der Waals surface area contributed by atoms with Gasteiger partial charge in [0, 0.05) is 42.2 Å². The number of aromatic nitrogens is 2. The van der Waals surface area contributed by atoms with Crippen molar-refractivity contribution >= 4 is 66.1 Å². The number of hydrogen-bond donors (Lipinski definition) is 0. The molecule has 0 radical (unpaired) electrons. The molecule has 0 spiro atoms. The Morgan fingerprint density at radius 1 is 1.00 bits per heavy atom. The number of ether oxygens (including phenoxy) is 2. The largest absolute Gasteiger partial charge is 0.444 e. The van der Waals surface area contributed by atoms with E-state index in [2.05, 4.69) is 25.8 Å². The third-order valence-corrected chi connectivity index (χ3v) is 9.72. The number of hydrogen-bond acceptors (Lipinski definition) is 9. The van der Waals surface area contributed by atoms with E-state index in [0.717, 1.165) is 21.6 Å². The van der Waals surface area contributed by atoms with E-state index < -0.39 is 32.7 Å². The summed E-state index contributed by atoms with van der Waals surface area (Å²) >= 11 is 9.86. The Kier molecular flexibility index (Phi) is 10.5. The number of nitrogens with zero attached hydrogens (tertiary/aromatic N) is 5. The van der Waals surface area contributed by atoms with Crippen LogP contribution in [-0.4, -0.2) is 83.2 Å². The first-order valence-electron chi connectivity index (χ1n) is 14.8. The van der Waals surface area contributed by atoms with E-state index in [1.807, 2.05) is 20.8 Å². The summed E-state index contributed by atoms with van der Waals surface area (Å²) in [6, 6.07) is 7.41. The predicted octanol–water partition coefficient (Wildman–Crippen LogP) is 5.86. The van der Waals surface area contributed by atoms with Crippen LogP contribution in [-0.2, 0) is 25.9 Å². The maximum absolute atomic E-state index is 14.0. The fourth-order valence-corrected chi connectivity index (χ4v) is 6.46. The first-order chi connectivity index (χ1) is 21.3. The Morgan fingerprint density at radius 3 is 2.22 bits per heavy atom. The predicted molar refractivity (Wildman–Crippen MR) is 180 cm³/mol. The van der Waals surface area contributed by atoms with Gasteiger partial charge in [0.25, 0.3) is 5.56 Å². The van der Waals surface area contributed by atoms with E-state index in [9.17, 15) is 22.8 Å². The molecule has 0 saturated carbocycles. The molecule has 1 aliphatic heterocycles. The average molecular weight is 741 g/mol. The minimum Gasteiger partial charge on any atom is -0.444 e. The van der Waals surface area contributed by atoms with Gasteiger partial charge in [-0.3, -0.25) is 9.69 Å². The molecule has 2 aromatic carbocycles. The normalized spacial score (nSPS) is 14.8. The SMILES string of the molecule is CCS(=O)(=O)c1ccc(Cl)cc1N(C(=O)OC(C)(C)C)n1cnc2cc(CN3CCN(C(=O)OC(C)(C)C)CC3)c(Br)cc2c1=O. The Hall–Kier alpha value is -3.20. The molecule has 250 valence electrons. The second-order valence-electron chi connectivity index (χ2n) is 12.9. The molecule has 2 heterocycles. The lowest BCUT2D eigenvalue weighted by atomic mass is 10.1. The number of carbonyl (C=O) groups excluding carboxylic acids is 2. The van der Waals surface area contributed by atoms with Gasteiger partial charge >= 0.3 is 12.2 Å². The topological polar surface area (TPSA) is 131 Å². The molecule has 1 fully saturated rings. The van der Waals surface area contributed by atoms with Gasteiger partial charge in [-0.15, -0.1) is 0 Å². The zero-order valence-corrected chi connectivity index (χ0v) is 30.1. The fourth-order valence-electron chi connectivity index (χ4n) is 4.78. The molecule has 46 heavy (non-hydrogen) atoms. The van der Waals surface area contributed by atoms with Gasteiger partial charge in [-0.05, 0) is 77.4 Å². The van der Waals surface area contributed by atoms with Gasteiger partial charge in [0.05, 0.1) is 27.2 Å². The van der Waals surface area contributed by atoms with Gasteiger partial charge in [0.2, 0.25) is 0 Å². The van der Waals surface area contributed by atoms with Crippen molar-refractivity contribution < 1.29 is 27.5 Å². The van der Waals surface area contributed by atoms with Crippen molar-refractivity contribution in [1.82, 2.24) is 19.5 Å². The highest BCUT2D eigenvalue weighted by Crippen LogP contribution is 2.32. The summed E-state index contributed by atoms with van der Waals surface area (Å²) in [5, 5.41) is 1.18. The molecule has 0 atom stereocenters. The van der Waals surface area contributed by atoms with Crippen molar-refractivity contribution in [2.45, 2.75) is 71.1 Å². The van der Waals surface area contributed by atoms with Crippen molar-refractivity contribution in [2.75, 3.05) is 36.9 Å². The van der Waals surface area contributed by atoms with Crippen LogP contribution in [0.5, 0.6) is 0 Å². The lowest BCUT2D eigenvalue weighted by Crippen LogP contribution is -2.49. The molecule has 1 aromatic heterocycles. The lowest BCUT2D eigenvalue weighted by Gasteiger charge is -2.35. The number of fused-ring (bicyclic) bond motifs is 1. The van der Waals surface area contributed by atoms with E-state index in [1.54, 1.807) is 37.8 Å². The molecular weight excluding hydrogens is 702 g/mol. The molecule has 0 aliphatic carbocycles. The molecule has 12 nitrogen and oxygen atoms in total. The summed E-state index contributed by atoms with van der Waals surface area (Å²) in [5.74, 6) is -0.250. The number of benzene rings is 2. The van der Waals surface area contributed by atoms with Gasteiger partial charge in [0.15, 0.2) is 9.84 Å². The van der Waals surface area contributed by atoms with Gasteiger partial charge in [0.1, 0.15) is 17.5 Å². The fraction of sp³-hybridized carbons (Fsp3) is 0.484. The maximum Gasteiger partial charge on any atom is 0.434 e. The van der Waals surface area contributed by atoms with Crippen LogP contribution in [0.15, 0.2) is 50.8 Å². The Morgan fingerprint density at radius 2 is 1.63 bits per heavy atom. The van der Waals surface area contributed by atoms with Crippen LogP contribution in [0.1, 0.15) is 54.0 Å². The van der Waals surface area contributed by atoms with E-state index in [1.165, 1.54) is 25.1 Å². The Bertz CT molecular complexity index is 1810. The smallest absolute Gasteiger partial charge is 0.434 e. The van der Waals surface area contributed by atoms with Gasteiger partial charge < -0.3 is 14.4 Å². The second kappa shape index (κ2) is 13.5. The molecule has 0 bridgehead atoms. The number of rotatable bonds is 6. The van der Waals surface area contributed by atoms with E-state index in [-0.39, 0.29) is 32.8 Å². The van der Waals surface area contributed by atoms with E-state index >= 15 is 0 Å². The third kappa shape index (κ3) is 8.38. The number of halogens is 2. The van der Waals surface area contributed by atoms with Crippen LogP contribution < -0.4 is 10.6 Å². The summed E-state index contributed by atoms with van der Waals surface area (Å²) in [6.07, 6.45) is -0.168. The molecule has 4 rings (SSSR count). The molecule has 3 aromatic rings. The number of piperazine rings is 1. The van der Waals surface area contributed by atoms with Crippen LogP contribution >= 0.6 is 27.5 Å². The molecule has 15 heteroatoms. The van der Waals surface area contributed by atoms with Gasteiger partial charge in [-0.2, -0.15) is 9.69 Å². The van der Waals surface area contributed by atoms with Crippen LogP contribution in [0.25, 0.3) is 10.9 Å². The third-order valence-electron chi connectivity index (χ3n) is 6.97. The number of sulfone groups is 1. The van der Waals surface area contributed by atoms with Gasteiger partial charge in [-0.25, -0.2) is 23.0 Å².